The second-order valence-electron chi connectivity index (χ2n) is 24.7. The minimum atomic E-state index is -4.46. The number of ether oxygens (including phenoxy) is 1. The molecule has 0 saturated heterocycles. The largest absolute Gasteiger partial charge is 0.472 e. The summed E-state index contributed by atoms with van der Waals surface area (Å²) in [6.45, 7) is 6.87. The summed E-state index contributed by atoms with van der Waals surface area (Å²) in [5.74, 6) is -0.516. The molecule has 0 aliphatic carbocycles. The first kappa shape index (κ1) is 81.7. The van der Waals surface area contributed by atoms with E-state index in [1.54, 1.807) is 0 Å². The van der Waals surface area contributed by atoms with Crippen molar-refractivity contribution in [3.05, 3.63) is 109 Å². The fourth-order valence-electron chi connectivity index (χ4n) is 9.80. The molecule has 0 aromatic heterocycles. The molecule has 0 aromatic rings. The first-order valence-corrected chi connectivity index (χ1v) is 36.7. The fraction of sp³-hybridized carbons (Fsp3) is 0.733. The third-order valence-electron chi connectivity index (χ3n) is 15.2. The van der Waals surface area contributed by atoms with Crippen molar-refractivity contribution in [3.8, 4) is 0 Å². The van der Waals surface area contributed by atoms with Gasteiger partial charge in [-0.05, 0) is 115 Å². The quantitative estimate of drug-likeness (QED) is 0.0205. The van der Waals surface area contributed by atoms with Crippen molar-refractivity contribution >= 4 is 19.7 Å². The number of amides is 1. The summed E-state index contributed by atoms with van der Waals surface area (Å²) in [5, 5.41) is 3.06. The Morgan fingerprint density at radius 2 is 0.753 bits per heavy atom. The third kappa shape index (κ3) is 65.0. The number of carbonyl (C=O) groups is 2. The predicted octanol–water partition coefficient (Wildman–Crippen LogP) is 22.5. The van der Waals surface area contributed by atoms with Crippen LogP contribution in [-0.2, 0) is 27.9 Å². The molecule has 490 valence electrons. The van der Waals surface area contributed by atoms with Crippen LogP contribution in [0.2, 0.25) is 0 Å². The lowest BCUT2D eigenvalue weighted by Crippen LogP contribution is -2.47. The Balaban J connectivity index is 5.07. The highest BCUT2D eigenvalue weighted by atomic mass is 31.2. The van der Waals surface area contributed by atoms with Gasteiger partial charge in [0, 0.05) is 12.8 Å². The lowest BCUT2D eigenvalue weighted by atomic mass is 10.0. The number of esters is 1. The lowest BCUT2D eigenvalue weighted by Gasteiger charge is -2.27. The van der Waals surface area contributed by atoms with Crippen molar-refractivity contribution in [1.29, 1.82) is 0 Å². The van der Waals surface area contributed by atoms with E-state index in [0.29, 0.717) is 17.4 Å². The second-order valence-corrected chi connectivity index (χ2v) is 26.1. The molecular formula is C75H134N2O7P+. The molecule has 0 bridgehead atoms. The number of quaternary nitrogens is 1. The molecule has 3 unspecified atom stereocenters. The molecule has 3 atom stereocenters. The van der Waals surface area contributed by atoms with E-state index in [-0.39, 0.29) is 31.5 Å². The molecule has 85 heavy (non-hydrogen) atoms. The Morgan fingerprint density at radius 3 is 1.15 bits per heavy atom. The number of hydrogen-bond acceptors (Lipinski definition) is 6. The van der Waals surface area contributed by atoms with Gasteiger partial charge in [-0.2, -0.15) is 0 Å². The van der Waals surface area contributed by atoms with Crippen LogP contribution in [-0.4, -0.2) is 74.3 Å². The normalized spacial score (nSPS) is 14.2. The van der Waals surface area contributed by atoms with Gasteiger partial charge in [-0.3, -0.25) is 18.6 Å². The van der Waals surface area contributed by atoms with Gasteiger partial charge in [0.15, 0.2) is 0 Å². The van der Waals surface area contributed by atoms with Gasteiger partial charge in [-0.1, -0.05) is 285 Å². The zero-order valence-electron chi connectivity index (χ0n) is 56.1. The molecule has 0 rings (SSSR count). The Kier molecular flexibility index (Phi) is 61.2. The number of phosphoric ester groups is 1. The second kappa shape index (κ2) is 63.7. The topological polar surface area (TPSA) is 111 Å². The average Bonchev–Trinajstić information content (AvgIpc) is 3.58. The summed E-state index contributed by atoms with van der Waals surface area (Å²) in [6, 6.07) is -0.860. The first-order chi connectivity index (χ1) is 41.4. The Bertz CT molecular complexity index is 1820. The number of rotatable bonds is 63. The SMILES string of the molecule is CC/C=C\C/C=C\C/C=C\C/C=C\C/C=C\CCCCCCCCCCCC(=O)OC(/C=C/CCCCCCCCCCC)C(COP(=O)(O)OCC[N+](C)(C)C)NC(=O)CCCCCCCCCCCC/C=C\C/C=C\C/C=C\CCCCC. The summed E-state index contributed by atoms with van der Waals surface area (Å²) in [5.41, 5.74) is 0. The predicted molar refractivity (Wildman–Crippen MR) is 369 cm³/mol. The van der Waals surface area contributed by atoms with Gasteiger partial charge in [0.05, 0.1) is 33.8 Å². The highest BCUT2D eigenvalue weighted by Crippen LogP contribution is 2.43. The summed E-state index contributed by atoms with van der Waals surface area (Å²) in [6.07, 6.45) is 88.1. The Hall–Kier alpha value is -3.33. The molecule has 0 radical (unpaired) electrons. The molecule has 0 aliphatic rings. The molecule has 0 aromatic carbocycles. The number of carbonyl (C=O) groups excluding carboxylic acids is 2. The number of allylic oxidation sites excluding steroid dienone is 17. The molecule has 0 fully saturated rings. The Morgan fingerprint density at radius 1 is 0.424 bits per heavy atom. The number of nitrogens with zero attached hydrogens (tertiary/aromatic N) is 1. The van der Waals surface area contributed by atoms with E-state index in [0.717, 1.165) is 128 Å². The Labute approximate surface area is 525 Å². The standard InChI is InChI=1S/C75H133N2O7P/c1-7-10-13-16-19-22-25-27-29-31-33-35-37-38-40-42-44-46-48-50-53-56-59-62-65-68-75(79)84-73(66-63-60-57-54-51-24-21-18-15-12-9-3)72(71-83-85(80,81)82-70-69-77(4,5)6)76-74(78)67-64-61-58-55-52-49-47-45-43-41-39-36-34-32-30-28-26-23-20-17-14-11-8-2/h10,13,19-20,22-23,27-30,33-36,38,40,63,66,72-73H,7-9,11-12,14-18,21,24-26,31-32,37,39,41-62,64-65,67-71H2,1-6H3,(H-,76,78,80,81)/p+1/b13-10-,22-19-,23-20-,29-27-,30-28-,35-33-,36-34-,40-38-,66-63+. The summed E-state index contributed by atoms with van der Waals surface area (Å²) >= 11 is 0. The first-order valence-electron chi connectivity index (χ1n) is 35.2. The monoisotopic (exact) mass is 1210 g/mol. The number of phosphoric acid groups is 1. The highest BCUT2D eigenvalue weighted by Gasteiger charge is 2.30. The van der Waals surface area contributed by atoms with Crippen molar-refractivity contribution in [2.45, 2.75) is 315 Å². The summed E-state index contributed by atoms with van der Waals surface area (Å²) in [4.78, 5) is 37.9. The number of likely N-dealkylation sites (N-methyl/N-ethyl adjacent to an activating group) is 1. The van der Waals surface area contributed by atoms with Crippen LogP contribution in [0.1, 0.15) is 303 Å². The van der Waals surface area contributed by atoms with E-state index in [2.05, 4.69) is 123 Å². The molecule has 9 nitrogen and oxygen atoms in total. The summed E-state index contributed by atoms with van der Waals surface area (Å²) in [7, 11) is 1.48. The van der Waals surface area contributed by atoms with Gasteiger partial charge in [0.1, 0.15) is 19.3 Å². The van der Waals surface area contributed by atoms with E-state index in [9.17, 15) is 19.0 Å². The van der Waals surface area contributed by atoms with Gasteiger partial charge in [0.25, 0.3) is 0 Å². The molecule has 0 heterocycles. The van der Waals surface area contributed by atoms with E-state index < -0.39 is 20.0 Å². The maximum Gasteiger partial charge on any atom is 0.472 e. The number of nitrogens with one attached hydrogen (secondary N) is 1. The molecule has 1 amide bonds. The van der Waals surface area contributed by atoms with Crippen molar-refractivity contribution in [2.75, 3.05) is 40.9 Å². The van der Waals surface area contributed by atoms with Crippen molar-refractivity contribution in [2.24, 2.45) is 0 Å². The highest BCUT2D eigenvalue weighted by molar-refractivity contribution is 7.47. The minimum absolute atomic E-state index is 0.0339. The number of hydrogen-bond donors (Lipinski definition) is 2. The van der Waals surface area contributed by atoms with Gasteiger partial charge < -0.3 is 19.4 Å². The van der Waals surface area contributed by atoms with Crippen molar-refractivity contribution < 1.29 is 37.3 Å². The van der Waals surface area contributed by atoms with E-state index in [1.165, 1.54) is 141 Å². The van der Waals surface area contributed by atoms with Crippen LogP contribution in [0.4, 0.5) is 0 Å². The molecule has 2 N–H and O–H groups in total. The maximum absolute atomic E-state index is 13.6. The smallest absolute Gasteiger partial charge is 0.456 e. The zero-order valence-corrected chi connectivity index (χ0v) is 57.0. The molecule has 0 aliphatic heterocycles. The van der Waals surface area contributed by atoms with Crippen molar-refractivity contribution in [3.63, 3.8) is 0 Å². The van der Waals surface area contributed by atoms with E-state index in [1.807, 2.05) is 33.3 Å². The summed E-state index contributed by atoms with van der Waals surface area (Å²) < 4.78 is 30.8. The maximum atomic E-state index is 13.6. The molecular weight excluding hydrogens is 1070 g/mol. The minimum Gasteiger partial charge on any atom is -0.456 e. The average molecular weight is 1210 g/mol. The van der Waals surface area contributed by atoms with Crippen LogP contribution in [0, 0.1) is 0 Å². The van der Waals surface area contributed by atoms with Gasteiger partial charge in [0.2, 0.25) is 5.91 Å². The fourth-order valence-corrected chi connectivity index (χ4v) is 10.5. The number of unbranched alkanes of at least 4 members (excludes halogenated alkanes) is 31. The zero-order chi connectivity index (χ0) is 62.1. The van der Waals surface area contributed by atoms with Gasteiger partial charge >= 0.3 is 13.8 Å². The molecule has 0 saturated carbocycles. The van der Waals surface area contributed by atoms with E-state index in [4.69, 9.17) is 13.8 Å². The van der Waals surface area contributed by atoms with Crippen LogP contribution in [0.5, 0.6) is 0 Å². The lowest BCUT2D eigenvalue weighted by molar-refractivity contribution is -0.870. The van der Waals surface area contributed by atoms with Crippen LogP contribution in [0.25, 0.3) is 0 Å². The van der Waals surface area contributed by atoms with Gasteiger partial charge in [-0.15, -0.1) is 0 Å². The molecule has 10 heteroatoms. The van der Waals surface area contributed by atoms with Crippen LogP contribution in [0.15, 0.2) is 109 Å². The van der Waals surface area contributed by atoms with Crippen LogP contribution < -0.4 is 5.32 Å². The van der Waals surface area contributed by atoms with Crippen molar-refractivity contribution in [1.82, 2.24) is 5.32 Å². The van der Waals surface area contributed by atoms with Crippen LogP contribution in [0.3, 0.4) is 0 Å². The molecule has 0 spiro atoms. The third-order valence-corrected chi connectivity index (χ3v) is 16.2. The van der Waals surface area contributed by atoms with Gasteiger partial charge in [-0.25, -0.2) is 4.57 Å². The van der Waals surface area contributed by atoms with E-state index >= 15 is 0 Å². The van der Waals surface area contributed by atoms with Crippen LogP contribution >= 0.6 is 7.82 Å².